The Labute approximate surface area is 164 Å². The molecule has 6 heteroatoms. The van der Waals surface area contributed by atoms with Crippen LogP contribution in [-0.4, -0.2) is 36.2 Å². The van der Waals surface area contributed by atoms with E-state index in [2.05, 4.69) is 47.2 Å². The Bertz CT molecular complexity index is 786. The molecule has 1 aliphatic heterocycles. The number of hydrogen-bond donors (Lipinski definition) is 1. The number of benzene rings is 2. The summed E-state index contributed by atoms with van der Waals surface area (Å²) >= 11 is 17.7. The second-order valence-corrected chi connectivity index (χ2v) is 7.48. The van der Waals surface area contributed by atoms with Gasteiger partial charge in [0.1, 0.15) is 0 Å². The van der Waals surface area contributed by atoms with Crippen LogP contribution in [0.1, 0.15) is 11.1 Å². The summed E-state index contributed by atoms with van der Waals surface area (Å²) in [4.78, 5) is 4.61. The Morgan fingerprint density at radius 2 is 1.76 bits per heavy atom. The second kappa shape index (κ2) is 7.81. The van der Waals surface area contributed by atoms with E-state index < -0.39 is 0 Å². The molecule has 0 aromatic heterocycles. The van der Waals surface area contributed by atoms with Gasteiger partial charge in [-0.25, -0.2) is 0 Å². The van der Waals surface area contributed by atoms with E-state index in [1.165, 1.54) is 16.8 Å². The van der Waals surface area contributed by atoms with E-state index in [0.717, 1.165) is 31.9 Å². The third-order valence-corrected chi connectivity index (χ3v) is 5.56. The molecular weight excluding hydrogens is 373 g/mol. The molecule has 0 spiro atoms. The molecule has 1 fully saturated rings. The van der Waals surface area contributed by atoms with Crippen LogP contribution in [0.3, 0.4) is 0 Å². The molecule has 0 unspecified atom stereocenters. The molecule has 0 saturated carbocycles. The van der Waals surface area contributed by atoms with E-state index in [1.54, 1.807) is 12.1 Å². The topological polar surface area (TPSA) is 18.5 Å². The fourth-order valence-corrected chi connectivity index (χ4v) is 3.76. The van der Waals surface area contributed by atoms with Gasteiger partial charge in [0.25, 0.3) is 0 Å². The number of piperazine rings is 1. The number of anilines is 2. The predicted octanol–water partition coefficient (Wildman–Crippen LogP) is 5.13. The van der Waals surface area contributed by atoms with Crippen LogP contribution in [0, 0.1) is 13.8 Å². The van der Waals surface area contributed by atoms with Crippen LogP contribution in [0.5, 0.6) is 0 Å². The lowest BCUT2D eigenvalue weighted by Crippen LogP contribution is -2.50. The number of hydrogen-bond acceptors (Lipinski definition) is 2. The van der Waals surface area contributed by atoms with Gasteiger partial charge < -0.3 is 15.1 Å². The highest BCUT2D eigenvalue weighted by Gasteiger charge is 2.21. The van der Waals surface area contributed by atoms with Crippen LogP contribution < -0.4 is 10.2 Å². The molecule has 3 nitrogen and oxygen atoms in total. The number of nitrogens with one attached hydrogen (secondary N) is 1. The summed E-state index contributed by atoms with van der Waals surface area (Å²) < 4.78 is 0. The fraction of sp³-hybridized carbons (Fsp3) is 0.316. The molecule has 1 saturated heterocycles. The van der Waals surface area contributed by atoms with Crippen molar-refractivity contribution in [3.8, 4) is 0 Å². The number of halogens is 2. The van der Waals surface area contributed by atoms with Crippen molar-refractivity contribution in [2.24, 2.45) is 0 Å². The Balaban J connectivity index is 1.62. The second-order valence-electron chi connectivity index (χ2n) is 6.25. The maximum atomic E-state index is 6.21. The highest BCUT2D eigenvalue weighted by molar-refractivity contribution is 7.80. The lowest BCUT2D eigenvalue weighted by Gasteiger charge is -2.38. The molecule has 1 heterocycles. The van der Waals surface area contributed by atoms with Gasteiger partial charge in [0.15, 0.2) is 5.11 Å². The third-order valence-electron chi connectivity index (χ3n) is 4.66. The molecule has 3 rings (SSSR count). The lowest BCUT2D eigenvalue weighted by molar-refractivity contribution is 0.390. The molecule has 1 aliphatic rings. The molecule has 132 valence electrons. The van der Waals surface area contributed by atoms with Crippen LogP contribution in [0.25, 0.3) is 0 Å². The van der Waals surface area contributed by atoms with Crippen LogP contribution in [-0.2, 0) is 0 Å². The van der Waals surface area contributed by atoms with Crippen molar-refractivity contribution in [2.45, 2.75) is 13.8 Å². The van der Waals surface area contributed by atoms with Gasteiger partial charge in [-0.1, -0.05) is 35.3 Å². The minimum Gasteiger partial charge on any atom is -0.368 e. The summed E-state index contributed by atoms with van der Waals surface area (Å²) in [6.45, 7) is 7.99. The lowest BCUT2D eigenvalue weighted by atomic mass is 10.1. The van der Waals surface area contributed by atoms with Crippen molar-refractivity contribution in [1.82, 2.24) is 4.90 Å². The predicted molar refractivity (Wildman–Crippen MR) is 112 cm³/mol. The van der Waals surface area contributed by atoms with E-state index in [0.29, 0.717) is 15.2 Å². The van der Waals surface area contributed by atoms with Gasteiger partial charge in [-0.05, 0) is 61.5 Å². The summed E-state index contributed by atoms with van der Waals surface area (Å²) in [5.41, 5.74) is 4.78. The van der Waals surface area contributed by atoms with Gasteiger partial charge in [-0.15, -0.1) is 0 Å². The zero-order chi connectivity index (χ0) is 18.0. The molecule has 2 aromatic rings. The van der Waals surface area contributed by atoms with Gasteiger partial charge in [0, 0.05) is 36.9 Å². The quantitative estimate of drug-likeness (QED) is 0.712. The first-order chi connectivity index (χ1) is 12.0. The number of aryl methyl sites for hydroxylation is 1. The highest BCUT2D eigenvalue weighted by Crippen LogP contribution is 2.27. The summed E-state index contributed by atoms with van der Waals surface area (Å²) in [5, 5.41) is 5.12. The molecule has 0 amide bonds. The smallest absolute Gasteiger partial charge is 0.173 e. The Kier molecular flexibility index (Phi) is 5.72. The number of thiocarbonyl (C=S) groups is 1. The molecule has 25 heavy (non-hydrogen) atoms. The van der Waals surface area contributed by atoms with Gasteiger partial charge in [0.2, 0.25) is 0 Å². The van der Waals surface area contributed by atoms with E-state index >= 15 is 0 Å². The van der Waals surface area contributed by atoms with Crippen molar-refractivity contribution >= 4 is 51.9 Å². The van der Waals surface area contributed by atoms with Crippen molar-refractivity contribution < 1.29 is 0 Å². The molecular formula is C19H21Cl2N3S. The first kappa shape index (κ1) is 18.3. The van der Waals surface area contributed by atoms with Crippen LogP contribution >= 0.6 is 35.4 Å². The third kappa shape index (κ3) is 4.20. The van der Waals surface area contributed by atoms with Crippen LogP contribution in [0.4, 0.5) is 11.4 Å². The Hall–Kier alpha value is -1.49. The number of nitrogens with zero attached hydrogens (tertiary/aromatic N) is 2. The normalized spacial score (nSPS) is 14.6. The van der Waals surface area contributed by atoms with Crippen molar-refractivity contribution in [3.05, 3.63) is 57.6 Å². The largest absolute Gasteiger partial charge is 0.368 e. The summed E-state index contributed by atoms with van der Waals surface area (Å²) in [6.07, 6.45) is 0. The maximum Gasteiger partial charge on any atom is 0.173 e. The van der Waals surface area contributed by atoms with E-state index in [1.807, 2.05) is 6.07 Å². The zero-order valence-electron chi connectivity index (χ0n) is 14.4. The first-order valence-electron chi connectivity index (χ1n) is 8.28. The van der Waals surface area contributed by atoms with Gasteiger partial charge in [-0.3, -0.25) is 0 Å². The minimum absolute atomic E-state index is 0.573. The minimum atomic E-state index is 0.573. The Morgan fingerprint density at radius 1 is 1.04 bits per heavy atom. The summed E-state index contributed by atoms with van der Waals surface area (Å²) in [5.74, 6) is 0. The van der Waals surface area contributed by atoms with Crippen molar-refractivity contribution in [2.75, 3.05) is 36.4 Å². The standard InChI is InChI=1S/C19H21Cl2N3S/c1-13-4-3-5-18(14(13)2)23-8-10-24(11-9-23)19(25)22-17-7-6-15(20)12-16(17)21/h3-7,12H,8-11H2,1-2H3,(H,22,25). The van der Waals surface area contributed by atoms with Gasteiger partial charge >= 0.3 is 0 Å². The van der Waals surface area contributed by atoms with Crippen molar-refractivity contribution in [3.63, 3.8) is 0 Å². The molecule has 0 atom stereocenters. The molecule has 0 aliphatic carbocycles. The average Bonchev–Trinajstić information content (AvgIpc) is 2.60. The number of rotatable bonds is 2. The van der Waals surface area contributed by atoms with Crippen molar-refractivity contribution in [1.29, 1.82) is 0 Å². The molecule has 2 aromatic carbocycles. The monoisotopic (exact) mass is 393 g/mol. The molecule has 1 N–H and O–H groups in total. The SMILES string of the molecule is Cc1cccc(N2CCN(C(=S)Nc3ccc(Cl)cc3Cl)CC2)c1C. The van der Waals surface area contributed by atoms with E-state index in [-0.39, 0.29) is 0 Å². The summed E-state index contributed by atoms with van der Waals surface area (Å²) in [6, 6.07) is 11.8. The maximum absolute atomic E-state index is 6.21. The van der Waals surface area contributed by atoms with E-state index in [9.17, 15) is 0 Å². The molecule has 0 bridgehead atoms. The summed E-state index contributed by atoms with van der Waals surface area (Å²) in [7, 11) is 0. The first-order valence-corrected chi connectivity index (χ1v) is 9.44. The average molecular weight is 394 g/mol. The Morgan fingerprint density at radius 3 is 2.44 bits per heavy atom. The highest BCUT2D eigenvalue weighted by atomic mass is 35.5. The van der Waals surface area contributed by atoms with Gasteiger partial charge in [0.05, 0.1) is 10.7 Å². The zero-order valence-corrected chi connectivity index (χ0v) is 16.7. The fourth-order valence-electron chi connectivity index (χ4n) is 3.01. The van der Waals surface area contributed by atoms with E-state index in [4.69, 9.17) is 35.4 Å². The van der Waals surface area contributed by atoms with Crippen LogP contribution in [0.2, 0.25) is 10.0 Å². The van der Waals surface area contributed by atoms with Crippen LogP contribution in [0.15, 0.2) is 36.4 Å². The molecule has 0 radical (unpaired) electrons. The van der Waals surface area contributed by atoms with Gasteiger partial charge in [-0.2, -0.15) is 0 Å².